The molecule has 0 spiro atoms. The highest BCUT2D eigenvalue weighted by molar-refractivity contribution is 5.80. The van der Waals surface area contributed by atoms with Crippen molar-refractivity contribution in [2.75, 3.05) is 6.61 Å². The van der Waals surface area contributed by atoms with Crippen molar-refractivity contribution in [3.8, 4) is 0 Å². The van der Waals surface area contributed by atoms with Crippen LogP contribution >= 0.6 is 0 Å². The molecule has 0 aromatic rings. The predicted octanol–water partition coefficient (Wildman–Crippen LogP) is 1.35. The SMILES string of the molecule is CC(C)CONC(=O)C(O)[C@H](N)CC1CCCCC1. The van der Waals surface area contributed by atoms with E-state index in [1.165, 1.54) is 19.3 Å². The third-order valence-electron chi connectivity index (χ3n) is 3.59. The van der Waals surface area contributed by atoms with E-state index in [1.54, 1.807) is 0 Å². The summed E-state index contributed by atoms with van der Waals surface area (Å²) in [6.45, 7) is 4.39. The Morgan fingerprint density at radius 3 is 2.58 bits per heavy atom. The van der Waals surface area contributed by atoms with E-state index in [0.29, 0.717) is 24.9 Å². The third-order valence-corrected chi connectivity index (χ3v) is 3.59. The zero-order valence-electron chi connectivity index (χ0n) is 12.1. The van der Waals surface area contributed by atoms with Gasteiger partial charge in [-0.1, -0.05) is 46.0 Å². The van der Waals surface area contributed by atoms with Gasteiger partial charge in [-0.15, -0.1) is 0 Å². The lowest BCUT2D eigenvalue weighted by molar-refractivity contribution is -0.144. The van der Waals surface area contributed by atoms with Gasteiger partial charge in [0.05, 0.1) is 6.61 Å². The molecule has 112 valence electrons. The van der Waals surface area contributed by atoms with Crippen molar-refractivity contribution in [1.29, 1.82) is 0 Å². The molecule has 4 N–H and O–H groups in total. The number of carbonyl (C=O) groups excluding carboxylic acids is 1. The zero-order valence-corrected chi connectivity index (χ0v) is 12.1. The number of carbonyl (C=O) groups is 1. The molecule has 5 nitrogen and oxygen atoms in total. The molecule has 19 heavy (non-hydrogen) atoms. The molecule has 1 unspecified atom stereocenters. The van der Waals surface area contributed by atoms with Gasteiger partial charge in [-0.3, -0.25) is 9.63 Å². The Hall–Kier alpha value is -0.650. The van der Waals surface area contributed by atoms with Crippen molar-refractivity contribution in [3.63, 3.8) is 0 Å². The number of amides is 1. The number of hydrogen-bond acceptors (Lipinski definition) is 4. The largest absolute Gasteiger partial charge is 0.382 e. The molecule has 0 aromatic heterocycles. The minimum atomic E-state index is -1.19. The van der Waals surface area contributed by atoms with Crippen LogP contribution in [0, 0.1) is 11.8 Å². The fourth-order valence-corrected chi connectivity index (χ4v) is 2.47. The number of aliphatic hydroxyl groups is 1. The highest BCUT2D eigenvalue weighted by atomic mass is 16.7. The van der Waals surface area contributed by atoms with Gasteiger partial charge in [-0.25, -0.2) is 5.48 Å². The molecule has 1 fully saturated rings. The van der Waals surface area contributed by atoms with Gasteiger partial charge in [0.25, 0.3) is 5.91 Å². The molecule has 1 aliphatic rings. The number of rotatable bonds is 7. The summed E-state index contributed by atoms with van der Waals surface area (Å²) in [7, 11) is 0. The Balaban J connectivity index is 2.25. The number of nitrogens with one attached hydrogen (secondary N) is 1. The number of nitrogens with two attached hydrogens (primary N) is 1. The maximum absolute atomic E-state index is 11.6. The summed E-state index contributed by atoms with van der Waals surface area (Å²) < 4.78 is 0. The third kappa shape index (κ3) is 6.36. The lowest BCUT2D eigenvalue weighted by Crippen LogP contribution is -2.47. The summed E-state index contributed by atoms with van der Waals surface area (Å²) in [6.07, 6.45) is 5.59. The fraction of sp³-hybridized carbons (Fsp3) is 0.929. The number of hydrogen-bond donors (Lipinski definition) is 3. The van der Waals surface area contributed by atoms with Crippen LogP contribution in [0.25, 0.3) is 0 Å². The number of hydroxylamine groups is 1. The van der Waals surface area contributed by atoms with Gasteiger partial charge >= 0.3 is 0 Å². The molecule has 0 radical (unpaired) electrons. The summed E-state index contributed by atoms with van der Waals surface area (Å²) in [6, 6.07) is -0.509. The van der Waals surface area contributed by atoms with Crippen molar-refractivity contribution in [2.45, 2.75) is 64.5 Å². The van der Waals surface area contributed by atoms with Gasteiger partial charge in [-0.2, -0.15) is 0 Å². The highest BCUT2D eigenvalue weighted by Gasteiger charge is 2.26. The van der Waals surface area contributed by atoms with Crippen LogP contribution in [-0.2, 0) is 9.63 Å². The van der Waals surface area contributed by atoms with Crippen LogP contribution in [0.4, 0.5) is 0 Å². The average Bonchev–Trinajstić information content (AvgIpc) is 2.38. The standard InChI is InChI=1S/C14H28N2O3/c1-10(2)9-19-16-14(18)13(17)12(15)8-11-6-4-3-5-7-11/h10-13,17H,3-9,15H2,1-2H3,(H,16,18)/t12-,13?/m1/s1. The summed E-state index contributed by atoms with van der Waals surface area (Å²) in [4.78, 5) is 16.6. The first-order valence-electron chi connectivity index (χ1n) is 7.36. The molecule has 1 aliphatic carbocycles. The van der Waals surface area contributed by atoms with Crippen molar-refractivity contribution < 1.29 is 14.7 Å². The van der Waals surface area contributed by atoms with Crippen LogP contribution in [0.15, 0.2) is 0 Å². The monoisotopic (exact) mass is 272 g/mol. The molecular weight excluding hydrogens is 244 g/mol. The summed E-state index contributed by atoms with van der Waals surface area (Å²) in [5.41, 5.74) is 8.18. The molecule has 1 rings (SSSR count). The lowest BCUT2D eigenvalue weighted by atomic mass is 9.84. The zero-order chi connectivity index (χ0) is 14.3. The van der Waals surface area contributed by atoms with Crippen LogP contribution in [0.5, 0.6) is 0 Å². The maximum atomic E-state index is 11.6. The van der Waals surface area contributed by atoms with Gasteiger partial charge in [-0.05, 0) is 18.3 Å². The Kier molecular flexibility index (Phi) is 7.34. The highest BCUT2D eigenvalue weighted by Crippen LogP contribution is 2.27. The van der Waals surface area contributed by atoms with E-state index in [9.17, 15) is 9.90 Å². The first kappa shape index (κ1) is 16.4. The first-order valence-corrected chi connectivity index (χ1v) is 7.36. The second kappa shape index (κ2) is 8.51. The quantitative estimate of drug-likeness (QED) is 0.611. The molecule has 1 amide bonds. The number of aliphatic hydroxyl groups excluding tert-OH is 1. The predicted molar refractivity (Wildman–Crippen MR) is 74.1 cm³/mol. The molecule has 1 saturated carbocycles. The maximum Gasteiger partial charge on any atom is 0.273 e. The van der Waals surface area contributed by atoms with Crippen LogP contribution in [0.3, 0.4) is 0 Å². The summed E-state index contributed by atoms with van der Waals surface area (Å²) in [5.74, 6) is 0.333. The Labute approximate surface area is 115 Å². The normalized spacial score (nSPS) is 20.3. The molecule has 0 aromatic carbocycles. The van der Waals surface area contributed by atoms with E-state index < -0.39 is 18.1 Å². The Morgan fingerprint density at radius 2 is 2.00 bits per heavy atom. The fourth-order valence-electron chi connectivity index (χ4n) is 2.47. The Morgan fingerprint density at radius 1 is 1.37 bits per heavy atom. The minimum Gasteiger partial charge on any atom is -0.382 e. The van der Waals surface area contributed by atoms with E-state index >= 15 is 0 Å². The van der Waals surface area contributed by atoms with E-state index in [2.05, 4.69) is 5.48 Å². The van der Waals surface area contributed by atoms with Gasteiger partial charge in [0, 0.05) is 6.04 Å². The topological polar surface area (TPSA) is 84.6 Å². The smallest absolute Gasteiger partial charge is 0.273 e. The molecular formula is C14H28N2O3. The van der Waals surface area contributed by atoms with Crippen LogP contribution in [-0.4, -0.2) is 29.8 Å². The molecule has 0 heterocycles. The molecule has 0 bridgehead atoms. The van der Waals surface area contributed by atoms with Gasteiger partial charge in [0.2, 0.25) is 0 Å². The van der Waals surface area contributed by atoms with Crippen molar-refractivity contribution in [2.24, 2.45) is 17.6 Å². The average molecular weight is 272 g/mol. The van der Waals surface area contributed by atoms with Crippen molar-refractivity contribution in [3.05, 3.63) is 0 Å². The van der Waals surface area contributed by atoms with E-state index in [1.807, 2.05) is 13.8 Å². The molecule has 0 aliphatic heterocycles. The second-order valence-corrected chi connectivity index (χ2v) is 6.02. The van der Waals surface area contributed by atoms with Crippen LogP contribution in [0.1, 0.15) is 52.4 Å². The minimum absolute atomic E-state index is 0.327. The molecule has 0 saturated heterocycles. The van der Waals surface area contributed by atoms with E-state index in [0.717, 1.165) is 12.8 Å². The van der Waals surface area contributed by atoms with E-state index in [-0.39, 0.29) is 0 Å². The van der Waals surface area contributed by atoms with Crippen LogP contribution < -0.4 is 11.2 Å². The van der Waals surface area contributed by atoms with E-state index in [4.69, 9.17) is 10.6 Å². The summed E-state index contributed by atoms with van der Waals surface area (Å²) >= 11 is 0. The molecule has 5 heteroatoms. The van der Waals surface area contributed by atoms with Gasteiger partial charge in [0.1, 0.15) is 6.10 Å². The van der Waals surface area contributed by atoms with Crippen molar-refractivity contribution in [1.82, 2.24) is 5.48 Å². The van der Waals surface area contributed by atoms with Crippen LogP contribution in [0.2, 0.25) is 0 Å². The Bertz CT molecular complexity index is 265. The van der Waals surface area contributed by atoms with Gasteiger partial charge < -0.3 is 10.8 Å². The summed E-state index contributed by atoms with van der Waals surface area (Å²) in [5, 5.41) is 9.87. The lowest BCUT2D eigenvalue weighted by Gasteiger charge is -2.26. The van der Waals surface area contributed by atoms with Gasteiger partial charge in [0.15, 0.2) is 0 Å². The van der Waals surface area contributed by atoms with Crippen molar-refractivity contribution >= 4 is 5.91 Å². The first-order chi connectivity index (χ1) is 9.00. The second-order valence-electron chi connectivity index (χ2n) is 6.02. The molecule has 2 atom stereocenters.